The molecule has 0 aliphatic heterocycles. The van der Waals surface area contributed by atoms with Gasteiger partial charge in [-0.2, -0.15) is 8.78 Å². The van der Waals surface area contributed by atoms with Crippen molar-refractivity contribution in [3.05, 3.63) is 23.8 Å². The van der Waals surface area contributed by atoms with Crippen LogP contribution in [-0.4, -0.2) is 32.5 Å². The quantitative estimate of drug-likeness (QED) is 0.905. The summed E-state index contributed by atoms with van der Waals surface area (Å²) in [5.74, 6) is -3.36. The molecule has 0 bridgehead atoms. The van der Waals surface area contributed by atoms with E-state index in [4.69, 9.17) is 4.74 Å². The van der Waals surface area contributed by atoms with Gasteiger partial charge in [-0.1, -0.05) is 19.4 Å². The normalized spacial score (nSPS) is 25.7. The summed E-state index contributed by atoms with van der Waals surface area (Å²) >= 11 is 0. The van der Waals surface area contributed by atoms with Crippen LogP contribution in [0.5, 0.6) is 5.75 Å². The summed E-state index contributed by atoms with van der Waals surface area (Å²) in [5, 5.41) is 9.70. The standard InChI is InChI=1S/C14H18F2O4S/c1-3-9-10(7-11(9)17)8-4-5-13(12(6-8)20-2)21(18,19)14(15)16/h4-6,9-11,14,17H,3,7H2,1-2H3. The third kappa shape index (κ3) is 2.76. The first-order valence-electron chi connectivity index (χ1n) is 6.71. The number of benzene rings is 1. The van der Waals surface area contributed by atoms with Crippen LogP contribution in [0.2, 0.25) is 0 Å². The number of sulfone groups is 1. The molecule has 118 valence electrons. The van der Waals surface area contributed by atoms with Crippen molar-refractivity contribution in [3.8, 4) is 5.75 Å². The molecule has 0 heterocycles. The molecule has 0 radical (unpaired) electrons. The van der Waals surface area contributed by atoms with Crippen LogP contribution >= 0.6 is 0 Å². The van der Waals surface area contributed by atoms with E-state index < -0.39 is 20.5 Å². The number of halogens is 2. The lowest BCUT2D eigenvalue weighted by Gasteiger charge is -2.41. The maximum Gasteiger partial charge on any atom is 0.341 e. The number of aliphatic hydroxyl groups is 1. The van der Waals surface area contributed by atoms with Gasteiger partial charge >= 0.3 is 5.76 Å². The molecule has 1 N–H and O–H groups in total. The molecule has 1 aromatic rings. The van der Waals surface area contributed by atoms with Gasteiger partial charge in [-0.05, 0) is 36.0 Å². The second-order valence-corrected chi connectivity index (χ2v) is 7.08. The molecule has 0 spiro atoms. The Morgan fingerprint density at radius 1 is 1.43 bits per heavy atom. The first kappa shape index (κ1) is 16.2. The minimum absolute atomic E-state index is 0.0796. The summed E-state index contributed by atoms with van der Waals surface area (Å²) in [7, 11) is -3.44. The van der Waals surface area contributed by atoms with Gasteiger partial charge in [0.05, 0.1) is 13.2 Å². The van der Waals surface area contributed by atoms with Gasteiger partial charge in [-0.25, -0.2) is 8.42 Å². The molecule has 7 heteroatoms. The van der Waals surface area contributed by atoms with Gasteiger partial charge in [-0.15, -0.1) is 0 Å². The molecule has 0 aromatic heterocycles. The van der Waals surface area contributed by atoms with Gasteiger partial charge in [0.25, 0.3) is 0 Å². The molecular weight excluding hydrogens is 302 g/mol. The van der Waals surface area contributed by atoms with Crippen molar-refractivity contribution < 1.29 is 27.0 Å². The van der Waals surface area contributed by atoms with E-state index in [1.165, 1.54) is 19.2 Å². The predicted octanol–water partition coefficient (Wildman–Crippen LogP) is 2.57. The second kappa shape index (κ2) is 5.88. The minimum atomic E-state index is -4.69. The van der Waals surface area contributed by atoms with Crippen molar-refractivity contribution in [3.63, 3.8) is 0 Å². The average molecular weight is 320 g/mol. The highest BCUT2D eigenvalue weighted by molar-refractivity contribution is 7.91. The Labute approximate surface area is 122 Å². The lowest BCUT2D eigenvalue weighted by Crippen LogP contribution is -2.39. The lowest BCUT2D eigenvalue weighted by atomic mass is 9.66. The molecule has 3 atom stereocenters. The van der Waals surface area contributed by atoms with Gasteiger partial charge < -0.3 is 9.84 Å². The molecular formula is C14H18F2O4S. The SMILES string of the molecule is CCC1C(O)CC1c1ccc(S(=O)(=O)C(F)F)c(OC)c1. The van der Waals surface area contributed by atoms with E-state index in [1.807, 2.05) is 6.92 Å². The number of hydrogen-bond acceptors (Lipinski definition) is 4. The summed E-state index contributed by atoms with van der Waals surface area (Å²) in [4.78, 5) is -0.503. The van der Waals surface area contributed by atoms with Crippen LogP contribution in [0, 0.1) is 5.92 Å². The number of hydrogen-bond donors (Lipinski definition) is 1. The monoisotopic (exact) mass is 320 g/mol. The van der Waals surface area contributed by atoms with E-state index in [0.29, 0.717) is 6.42 Å². The van der Waals surface area contributed by atoms with Crippen molar-refractivity contribution in [1.29, 1.82) is 0 Å². The molecule has 1 saturated carbocycles. The number of alkyl halides is 2. The van der Waals surface area contributed by atoms with Crippen LogP contribution in [-0.2, 0) is 9.84 Å². The van der Waals surface area contributed by atoms with Crippen LogP contribution in [0.3, 0.4) is 0 Å². The molecule has 1 aliphatic carbocycles. The first-order chi connectivity index (χ1) is 9.82. The van der Waals surface area contributed by atoms with E-state index in [1.54, 1.807) is 0 Å². The fraction of sp³-hybridized carbons (Fsp3) is 0.571. The summed E-state index contributed by atoms with van der Waals surface area (Å²) in [6.07, 6.45) is 1.02. The Morgan fingerprint density at radius 2 is 2.10 bits per heavy atom. The van der Waals surface area contributed by atoms with Crippen molar-refractivity contribution in [2.75, 3.05) is 7.11 Å². The molecule has 4 nitrogen and oxygen atoms in total. The Bertz CT molecular complexity index is 615. The van der Waals surface area contributed by atoms with Crippen LogP contribution in [0.15, 0.2) is 23.1 Å². The zero-order chi connectivity index (χ0) is 15.8. The van der Waals surface area contributed by atoms with Gasteiger partial charge in [0, 0.05) is 0 Å². The molecule has 1 fully saturated rings. The first-order valence-corrected chi connectivity index (χ1v) is 8.25. The number of rotatable bonds is 5. The van der Waals surface area contributed by atoms with E-state index in [0.717, 1.165) is 18.1 Å². The smallest absolute Gasteiger partial charge is 0.341 e. The van der Waals surface area contributed by atoms with Gasteiger partial charge in [0.1, 0.15) is 10.6 Å². The van der Waals surface area contributed by atoms with E-state index in [9.17, 15) is 22.3 Å². The van der Waals surface area contributed by atoms with Crippen molar-refractivity contribution in [1.82, 2.24) is 0 Å². The maximum atomic E-state index is 12.6. The topological polar surface area (TPSA) is 63.6 Å². The molecule has 0 saturated heterocycles. The van der Waals surface area contributed by atoms with Crippen LogP contribution in [0.4, 0.5) is 8.78 Å². The van der Waals surface area contributed by atoms with Crippen molar-refractivity contribution in [2.24, 2.45) is 5.92 Å². The summed E-state index contributed by atoms with van der Waals surface area (Å²) in [6.45, 7) is 1.97. The highest BCUT2D eigenvalue weighted by Crippen LogP contribution is 2.46. The highest BCUT2D eigenvalue weighted by atomic mass is 32.2. The third-order valence-electron chi connectivity index (χ3n) is 4.13. The van der Waals surface area contributed by atoms with Gasteiger partial charge in [0.15, 0.2) is 0 Å². The molecule has 2 rings (SSSR count). The van der Waals surface area contributed by atoms with Gasteiger partial charge in [0.2, 0.25) is 9.84 Å². The van der Waals surface area contributed by atoms with Crippen LogP contribution in [0.1, 0.15) is 31.2 Å². The van der Waals surface area contributed by atoms with E-state index >= 15 is 0 Å². The predicted molar refractivity (Wildman–Crippen MR) is 73.3 cm³/mol. The minimum Gasteiger partial charge on any atom is -0.495 e. The van der Waals surface area contributed by atoms with E-state index in [2.05, 4.69) is 0 Å². The number of aliphatic hydroxyl groups excluding tert-OH is 1. The molecule has 3 unspecified atom stereocenters. The third-order valence-corrected chi connectivity index (χ3v) is 5.55. The number of ether oxygens (including phenoxy) is 1. The average Bonchev–Trinajstić information content (AvgIpc) is 2.44. The summed E-state index contributed by atoms with van der Waals surface area (Å²) < 4.78 is 53.4. The lowest BCUT2D eigenvalue weighted by molar-refractivity contribution is -0.000809. The largest absolute Gasteiger partial charge is 0.495 e. The Morgan fingerprint density at radius 3 is 2.57 bits per heavy atom. The Kier molecular flexibility index (Phi) is 4.53. The van der Waals surface area contributed by atoms with Crippen molar-refractivity contribution >= 4 is 9.84 Å². The zero-order valence-electron chi connectivity index (χ0n) is 11.8. The fourth-order valence-corrected chi connectivity index (χ4v) is 3.74. The van der Waals surface area contributed by atoms with Crippen LogP contribution < -0.4 is 4.74 Å². The van der Waals surface area contributed by atoms with Crippen LogP contribution in [0.25, 0.3) is 0 Å². The molecule has 0 amide bonds. The van der Waals surface area contributed by atoms with Crippen molar-refractivity contribution in [2.45, 2.75) is 42.4 Å². The fourth-order valence-electron chi connectivity index (χ4n) is 2.87. The molecule has 1 aromatic carbocycles. The molecule has 1 aliphatic rings. The molecule has 21 heavy (non-hydrogen) atoms. The highest BCUT2D eigenvalue weighted by Gasteiger charge is 2.40. The summed E-state index contributed by atoms with van der Waals surface area (Å²) in [5.41, 5.74) is 0.803. The maximum absolute atomic E-state index is 12.6. The second-order valence-electron chi connectivity index (χ2n) is 5.20. The van der Waals surface area contributed by atoms with E-state index in [-0.39, 0.29) is 23.7 Å². The zero-order valence-corrected chi connectivity index (χ0v) is 12.6. The Balaban J connectivity index is 2.38. The Hall–Kier alpha value is -1.21. The number of methoxy groups -OCH3 is 1. The summed E-state index contributed by atoms with van der Waals surface area (Å²) in [6, 6.07) is 4.17. The van der Waals surface area contributed by atoms with Gasteiger partial charge in [-0.3, -0.25) is 0 Å².